The third kappa shape index (κ3) is 13.1. The summed E-state index contributed by atoms with van der Waals surface area (Å²) in [5.41, 5.74) is 1.28. The van der Waals surface area contributed by atoms with Gasteiger partial charge < -0.3 is 25.6 Å². The van der Waals surface area contributed by atoms with E-state index in [1.165, 1.54) is 0 Å². The maximum Gasteiger partial charge on any atom is 0.407 e. The van der Waals surface area contributed by atoms with Crippen LogP contribution in [0.2, 0.25) is 0 Å². The number of nitrogens with zero attached hydrogens (tertiary/aromatic N) is 2. The van der Waals surface area contributed by atoms with Crippen molar-refractivity contribution in [2.75, 3.05) is 40.3 Å². The Morgan fingerprint density at radius 3 is 2.42 bits per heavy atom. The molecule has 176 valence electrons. The SMILES string of the molecule is CCNC(=NCCCNC(=O)OC(C)(C)C)NCCc1cccc(C(=O)N(C)C)c1.I. The lowest BCUT2D eigenvalue weighted by atomic mass is 10.1. The maximum atomic E-state index is 12.1. The smallest absolute Gasteiger partial charge is 0.407 e. The monoisotopic (exact) mass is 547 g/mol. The molecule has 1 aromatic carbocycles. The molecular weight excluding hydrogens is 509 g/mol. The Labute approximate surface area is 203 Å². The second-order valence-corrected chi connectivity index (χ2v) is 8.12. The molecule has 0 saturated heterocycles. The molecule has 0 saturated carbocycles. The van der Waals surface area contributed by atoms with Crippen molar-refractivity contribution in [3.8, 4) is 0 Å². The first-order chi connectivity index (χ1) is 14.1. The standard InChI is InChI=1S/C22H37N5O3.HI/c1-7-23-20(24-13-9-14-26-21(29)30-22(2,3)4)25-15-12-17-10-8-11-18(16-17)19(28)27(5)6;/h8,10-11,16H,7,9,12-15H2,1-6H3,(H,26,29)(H2,23,24,25);1H. The van der Waals surface area contributed by atoms with Gasteiger partial charge in [-0.05, 0) is 58.2 Å². The zero-order valence-corrected chi connectivity index (χ0v) is 21.9. The van der Waals surface area contributed by atoms with E-state index in [0.717, 1.165) is 24.5 Å². The molecule has 0 aliphatic rings. The molecule has 0 bridgehead atoms. The van der Waals surface area contributed by atoms with Crippen LogP contribution in [0.15, 0.2) is 29.3 Å². The third-order valence-electron chi connectivity index (χ3n) is 3.90. The van der Waals surface area contributed by atoms with E-state index in [1.54, 1.807) is 19.0 Å². The summed E-state index contributed by atoms with van der Waals surface area (Å²) >= 11 is 0. The Bertz CT molecular complexity index is 717. The van der Waals surface area contributed by atoms with Gasteiger partial charge in [-0.15, -0.1) is 24.0 Å². The van der Waals surface area contributed by atoms with E-state index < -0.39 is 11.7 Å². The van der Waals surface area contributed by atoms with E-state index in [1.807, 2.05) is 52.0 Å². The van der Waals surface area contributed by atoms with E-state index in [-0.39, 0.29) is 29.9 Å². The molecule has 2 amide bonds. The third-order valence-corrected chi connectivity index (χ3v) is 3.90. The van der Waals surface area contributed by atoms with Gasteiger partial charge in [-0.3, -0.25) is 9.79 Å². The van der Waals surface area contributed by atoms with Crippen molar-refractivity contribution in [3.05, 3.63) is 35.4 Å². The van der Waals surface area contributed by atoms with Gasteiger partial charge in [0.15, 0.2) is 5.96 Å². The second-order valence-electron chi connectivity index (χ2n) is 8.12. The van der Waals surface area contributed by atoms with Crippen molar-refractivity contribution in [2.24, 2.45) is 4.99 Å². The van der Waals surface area contributed by atoms with Crippen molar-refractivity contribution in [1.29, 1.82) is 0 Å². The lowest BCUT2D eigenvalue weighted by Crippen LogP contribution is -2.38. The summed E-state index contributed by atoms with van der Waals surface area (Å²) in [6.07, 6.45) is 1.08. The molecule has 31 heavy (non-hydrogen) atoms. The molecule has 0 fully saturated rings. The number of nitrogens with one attached hydrogen (secondary N) is 3. The molecule has 8 nitrogen and oxygen atoms in total. The highest BCUT2D eigenvalue weighted by atomic mass is 127. The number of guanidine groups is 1. The number of aliphatic imine (C=N–C) groups is 1. The van der Waals surface area contributed by atoms with Crippen LogP contribution in [0.25, 0.3) is 0 Å². The lowest BCUT2D eigenvalue weighted by Gasteiger charge is -2.19. The van der Waals surface area contributed by atoms with Crippen molar-refractivity contribution in [3.63, 3.8) is 0 Å². The number of hydrogen-bond donors (Lipinski definition) is 3. The Morgan fingerprint density at radius 2 is 1.81 bits per heavy atom. The maximum absolute atomic E-state index is 12.1. The molecular formula is C22H38IN5O3. The summed E-state index contributed by atoms with van der Waals surface area (Å²) in [5, 5.41) is 9.24. The van der Waals surface area contributed by atoms with Gasteiger partial charge in [-0.25, -0.2) is 4.79 Å². The molecule has 0 aromatic heterocycles. The van der Waals surface area contributed by atoms with Crippen molar-refractivity contribution in [2.45, 2.75) is 46.1 Å². The van der Waals surface area contributed by atoms with Gasteiger partial charge in [0.05, 0.1) is 0 Å². The van der Waals surface area contributed by atoms with E-state index in [0.29, 0.717) is 31.6 Å². The van der Waals surface area contributed by atoms with Crippen LogP contribution in [-0.2, 0) is 11.2 Å². The fourth-order valence-electron chi connectivity index (χ4n) is 2.56. The van der Waals surface area contributed by atoms with Crippen LogP contribution in [-0.4, -0.2) is 68.7 Å². The number of ether oxygens (including phenoxy) is 1. The number of amides is 2. The van der Waals surface area contributed by atoms with Crippen molar-refractivity contribution >= 4 is 41.9 Å². The predicted octanol–water partition coefficient (Wildman–Crippen LogP) is 3.02. The Hall–Kier alpha value is -2.04. The van der Waals surface area contributed by atoms with E-state index in [9.17, 15) is 9.59 Å². The second kappa shape index (κ2) is 14.9. The summed E-state index contributed by atoms with van der Waals surface area (Å²) < 4.78 is 5.20. The van der Waals surface area contributed by atoms with Crippen LogP contribution in [0.1, 0.15) is 50.0 Å². The first-order valence-corrected chi connectivity index (χ1v) is 10.4. The largest absolute Gasteiger partial charge is 0.444 e. The highest BCUT2D eigenvalue weighted by Gasteiger charge is 2.15. The number of rotatable bonds is 9. The minimum absolute atomic E-state index is 0. The number of alkyl carbamates (subject to hydrolysis) is 1. The zero-order chi connectivity index (χ0) is 22.6. The van der Waals surface area contributed by atoms with Crippen molar-refractivity contribution < 1.29 is 14.3 Å². The number of carbonyl (C=O) groups excluding carboxylic acids is 2. The minimum atomic E-state index is -0.496. The summed E-state index contributed by atoms with van der Waals surface area (Å²) in [6, 6.07) is 7.68. The molecule has 1 aromatic rings. The van der Waals surface area contributed by atoms with Crippen LogP contribution in [0, 0.1) is 0 Å². The molecule has 0 heterocycles. The van der Waals surface area contributed by atoms with Crippen molar-refractivity contribution in [1.82, 2.24) is 20.9 Å². The van der Waals surface area contributed by atoms with Crippen LogP contribution in [0.5, 0.6) is 0 Å². The van der Waals surface area contributed by atoms with Gasteiger partial charge >= 0.3 is 6.09 Å². The van der Waals surface area contributed by atoms with Gasteiger partial charge in [0.2, 0.25) is 0 Å². The zero-order valence-electron chi connectivity index (χ0n) is 19.6. The first-order valence-electron chi connectivity index (χ1n) is 10.4. The molecule has 0 spiro atoms. The predicted molar refractivity (Wildman–Crippen MR) is 136 cm³/mol. The molecule has 0 radical (unpaired) electrons. The average molecular weight is 547 g/mol. The van der Waals surface area contributed by atoms with Gasteiger partial charge in [0, 0.05) is 45.8 Å². The van der Waals surface area contributed by atoms with E-state index in [2.05, 4.69) is 20.9 Å². The minimum Gasteiger partial charge on any atom is -0.444 e. The average Bonchev–Trinajstić information content (AvgIpc) is 2.65. The van der Waals surface area contributed by atoms with Crippen LogP contribution in [0.3, 0.4) is 0 Å². The Kier molecular flexibility index (Phi) is 13.9. The highest BCUT2D eigenvalue weighted by molar-refractivity contribution is 14.0. The molecule has 9 heteroatoms. The van der Waals surface area contributed by atoms with Crippen LogP contribution < -0.4 is 16.0 Å². The molecule has 0 aliphatic heterocycles. The summed E-state index contributed by atoms with van der Waals surface area (Å²) in [5.74, 6) is 0.731. The van der Waals surface area contributed by atoms with Gasteiger partial charge in [0.25, 0.3) is 5.91 Å². The van der Waals surface area contributed by atoms with Gasteiger partial charge in [0.1, 0.15) is 5.60 Å². The number of halogens is 1. The number of hydrogen-bond acceptors (Lipinski definition) is 4. The quantitative estimate of drug-likeness (QED) is 0.191. The Morgan fingerprint density at radius 1 is 1.10 bits per heavy atom. The first kappa shape index (κ1) is 29.0. The fourth-order valence-corrected chi connectivity index (χ4v) is 2.56. The molecule has 1 rings (SSSR count). The van der Waals surface area contributed by atoms with Gasteiger partial charge in [-0.2, -0.15) is 0 Å². The normalized spacial score (nSPS) is 11.2. The van der Waals surface area contributed by atoms with Crippen LogP contribution in [0.4, 0.5) is 4.79 Å². The summed E-state index contributed by atoms with van der Waals surface area (Å²) in [6.45, 7) is 10.1. The van der Waals surface area contributed by atoms with E-state index >= 15 is 0 Å². The summed E-state index contributed by atoms with van der Waals surface area (Å²) in [4.78, 5) is 29.8. The van der Waals surface area contributed by atoms with Crippen LogP contribution >= 0.6 is 24.0 Å². The molecule has 3 N–H and O–H groups in total. The highest BCUT2D eigenvalue weighted by Crippen LogP contribution is 2.08. The Balaban J connectivity index is 0.00000900. The topological polar surface area (TPSA) is 95.1 Å². The number of carbonyl (C=O) groups is 2. The lowest BCUT2D eigenvalue weighted by molar-refractivity contribution is 0.0527. The molecule has 0 aliphatic carbocycles. The van der Waals surface area contributed by atoms with E-state index in [4.69, 9.17) is 4.74 Å². The molecule has 0 atom stereocenters. The molecule has 0 unspecified atom stereocenters. The summed E-state index contributed by atoms with van der Waals surface area (Å²) in [7, 11) is 3.50. The van der Waals surface area contributed by atoms with Gasteiger partial charge in [-0.1, -0.05) is 12.1 Å². The number of benzene rings is 1. The fraction of sp³-hybridized carbons (Fsp3) is 0.591.